The molecule has 0 saturated carbocycles. The van der Waals surface area contributed by atoms with E-state index in [0.717, 1.165) is 12.0 Å². The molecule has 0 radical (unpaired) electrons. The Morgan fingerprint density at radius 2 is 1.88 bits per heavy atom. The SMILES string of the molecule is O=S(=O)(c1cccc(-n2cnnn2)c1)N1CCC1c1ccccc1. The maximum absolute atomic E-state index is 13.0. The van der Waals surface area contributed by atoms with E-state index >= 15 is 0 Å². The third-order valence-corrected chi connectivity index (χ3v) is 6.10. The number of nitrogens with zero attached hydrogens (tertiary/aromatic N) is 5. The smallest absolute Gasteiger partial charge is 0.207 e. The van der Waals surface area contributed by atoms with E-state index in [9.17, 15) is 8.42 Å². The minimum absolute atomic E-state index is 0.104. The van der Waals surface area contributed by atoms with Gasteiger partial charge in [0.1, 0.15) is 6.33 Å². The van der Waals surface area contributed by atoms with E-state index in [4.69, 9.17) is 0 Å². The molecule has 24 heavy (non-hydrogen) atoms. The molecular weight excluding hydrogens is 326 g/mol. The van der Waals surface area contributed by atoms with Gasteiger partial charge in [-0.15, -0.1) is 5.10 Å². The summed E-state index contributed by atoms with van der Waals surface area (Å²) in [7, 11) is -3.56. The van der Waals surface area contributed by atoms with Gasteiger partial charge in [0.15, 0.2) is 0 Å². The van der Waals surface area contributed by atoms with Gasteiger partial charge in [-0.1, -0.05) is 36.4 Å². The van der Waals surface area contributed by atoms with Crippen molar-refractivity contribution in [1.82, 2.24) is 24.5 Å². The molecule has 2 heterocycles. The van der Waals surface area contributed by atoms with E-state index in [-0.39, 0.29) is 10.9 Å². The fourth-order valence-electron chi connectivity index (χ4n) is 2.86. The third-order valence-electron chi connectivity index (χ3n) is 4.19. The zero-order valence-corrected chi connectivity index (χ0v) is 13.5. The highest BCUT2D eigenvalue weighted by atomic mass is 32.2. The molecule has 122 valence electrons. The van der Waals surface area contributed by atoms with Gasteiger partial charge in [0.2, 0.25) is 10.0 Å². The van der Waals surface area contributed by atoms with Crippen molar-refractivity contribution in [3.05, 3.63) is 66.5 Å². The Hall–Kier alpha value is -2.58. The number of sulfonamides is 1. The van der Waals surface area contributed by atoms with Crippen LogP contribution in [-0.4, -0.2) is 39.5 Å². The summed E-state index contributed by atoms with van der Waals surface area (Å²) in [5, 5.41) is 11.0. The highest BCUT2D eigenvalue weighted by Crippen LogP contribution is 2.38. The van der Waals surface area contributed by atoms with Crippen LogP contribution in [0.25, 0.3) is 5.69 Å². The van der Waals surface area contributed by atoms with Crippen molar-refractivity contribution in [3.63, 3.8) is 0 Å². The van der Waals surface area contributed by atoms with E-state index < -0.39 is 10.0 Å². The van der Waals surface area contributed by atoms with Gasteiger partial charge in [0.05, 0.1) is 16.6 Å². The summed E-state index contributed by atoms with van der Waals surface area (Å²) in [6, 6.07) is 16.3. The molecular formula is C16H15N5O2S. The maximum atomic E-state index is 13.0. The van der Waals surface area contributed by atoms with Crippen LogP contribution in [0.15, 0.2) is 65.8 Å². The molecule has 4 rings (SSSR count). The molecule has 2 aromatic carbocycles. The zero-order valence-electron chi connectivity index (χ0n) is 12.7. The summed E-state index contributed by atoms with van der Waals surface area (Å²) in [6.45, 7) is 0.525. The molecule has 0 aliphatic carbocycles. The highest BCUT2D eigenvalue weighted by molar-refractivity contribution is 7.89. The lowest BCUT2D eigenvalue weighted by atomic mass is 9.98. The van der Waals surface area contributed by atoms with Crippen molar-refractivity contribution in [3.8, 4) is 5.69 Å². The lowest BCUT2D eigenvalue weighted by Gasteiger charge is -2.40. The molecule has 1 unspecified atom stereocenters. The molecule has 1 aliphatic rings. The van der Waals surface area contributed by atoms with Crippen LogP contribution < -0.4 is 0 Å². The average molecular weight is 341 g/mol. The number of benzene rings is 2. The molecule has 7 nitrogen and oxygen atoms in total. The van der Waals surface area contributed by atoms with E-state index in [1.54, 1.807) is 28.6 Å². The Morgan fingerprint density at radius 3 is 2.54 bits per heavy atom. The maximum Gasteiger partial charge on any atom is 0.243 e. The molecule has 0 spiro atoms. The summed E-state index contributed by atoms with van der Waals surface area (Å²) < 4.78 is 28.9. The van der Waals surface area contributed by atoms with Crippen molar-refractivity contribution in [2.24, 2.45) is 0 Å². The van der Waals surface area contributed by atoms with Gasteiger partial charge >= 0.3 is 0 Å². The largest absolute Gasteiger partial charge is 0.243 e. The van der Waals surface area contributed by atoms with Gasteiger partial charge in [0, 0.05) is 6.54 Å². The monoisotopic (exact) mass is 341 g/mol. The van der Waals surface area contributed by atoms with Crippen LogP contribution >= 0.6 is 0 Å². The van der Waals surface area contributed by atoms with E-state index in [1.807, 2.05) is 30.3 Å². The molecule has 8 heteroatoms. The minimum atomic E-state index is -3.56. The van der Waals surface area contributed by atoms with Crippen molar-refractivity contribution in [2.75, 3.05) is 6.54 Å². The van der Waals surface area contributed by atoms with Gasteiger partial charge in [-0.2, -0.15) is 4.31 Å². The Morgan fingerprint density at radius 1 is 1.04 bits per heavy atom. The van der Waals surface area contributed by atoms with Crippen LogP contribution in [0.2, 0.25) is 0 Å². The Labute approximate surface area is 139 Å². The average Bonchev–Trinajstić information content (AvgIpc) is 3.09. The summed E-state index contributed by atoms with van der Waals surface area (Å²) in [5.41, 5.74) is 1.63. The first-order chi connectivity index (χ1) is 11.7. The minimum Gasteiger partial charge on any atom is -0.207 e. The number of hydrogen-bond acceptors (Lipinski definition) is 5. The molecule has 1 atom stereocenters. The van der Waals surface area contributed by atoms with Gasteiger partial charge in [-0.25, -0.2) is 13.1 Å². The van der Waals surface area contributed by atoms with Gasteiger partial charge < -0.3 is 0 Å². The topological polar surface area (TPSA) is 81.0 Å². The second kappa shape index (κ2) is 5.81. The first-order valence-corrected chi connectivity index (χ1v) is 9.00. The quantitative estimate of drug-likeness (QED) is 0.723. The van der Waals surface area contributed by atoms with Crippen LogP contribution in [0.4, 0.5) is 0 Å². The summed E-state index contributed by atoms with van der Waals surface area (Å²) in [5.74, 6) is 0. The van der Waals surface area contributed by atoms with Crippen LogP contribution in [0.1, 0.15) is 18.0 Å². The Bertz CT molecular complexity index is 942. The first kappa shape index (κ1) is 15.0. The second-order valence-electron chi connectivity index (χ2n) is 5.58. The normalized spacial score (nSPS) is 18.2. The van der Waals surface area contributed by atoms with Crippen molar-refractivity contribution in [2.45, 2.75) is 17.4 Å². The third kappa shape index (κ3) is 2.49. The predicted octanol–water partition coefficient (Wildman–Crippen LogP) is 1.80. The summed E-state index contributed by atoms with van der Waals surface area (Å²) in [4.78, 5) is 0.246. The summed E-state index contributed by atoms with van der Waals surface area (Å²) >= 11 is 0. The standard InChI is InChI=1S/C16H15N5O2S/c22-24(23,21-10-9-16(21)13-5-2-1-3-6-13)15-8-4-7-14(11-15)20-12-17-18-19-20/h1-8,11-12,16H,9-10H2. The van der Waals surface area contributed by atoms with E-state index in [2.05, 4.69) is 15.5 Å². The number of tetrazole rings is 1. The van der Waals surface area contributed by atoms with Crippen molar-refractivity contribution >= 4 is 10.0 Å². The molecule has 1 saturated heterocycles. The van der Waals surface area contributed by atoms with Gasteiger partial charge in [-0.3, -0.25) is 0 Å². The fraction of sp³-hybridized carbons (Fsp3) is 0.188. The number of hydrogen-bond donors (Lipinski definition) is 0. The molecule has 0 bridgehead atoms. The van der Waals surface area contributed by atoms with Crippen LogP contribution in [0.5, 0.6) is 0 Å². The van der Waals surface area contributed by atoms with Gasteiger partial charge in [-0.05, 0) is 40.6 Å². The lowest BCUT2D eigenvalue weighted by Crippen LogP contribution is -2.44. The molecule has 0 N–H and O–H groups in total. The molecule has 0 amide bonds. The van der Waals surface area contributed by atoms with E-state index in [1.165, 1.54) is 11.0 Å². The first-order valence-electron chi connectivity index (χ1n) is 7.56. The fourth-order valence-corrected chi connectivity index (χ4v) is 4.56. The van der Waals surface area contributed by atoms with Crippen LogP contribution in [0.3, 0.4) is 0 Å². The molecule has 1 aromatic heterocycles. The van der Waals surface area contributed by atoms with Gasteiger partial charge in [0.25, 0.3) is 0 Å². The second-order valence-corrected chi connectivity index (χ2v) is 7.47. The van der Waals surface area contributed by atoms with Crippen LogP contribution in [0, 0.1) is 0 Å². The Kier molecular flexibility index (Phi) is 3.62. The highest BCUT2D eigenvalue weighted by Gasteiger charge is 2.39. The molecule has 1 aliphatic heterocycles. The van der Waals surface area contributed by atoms with Crippen molar-refractivity contribution in [1.29, 1.82) is 0 Å². The molecule has 3 aromatic rings. The molecule has 1 fully saturated rings. The Balaban J connectivity index is 1.67. The predicted molar refractivity (Wildman–Crippen MR) is 86.8 cm³/mol. The van der Waals surface area contributed by atoms with E-state index in [0.29, 0.717) is 12.2 Å². The zero-order chi connectivity index (χ0) is 16.6. The number of rotatable bonds is 4. The number of aromatic nitrogens is 4. The van der Waals surface area contributed by atoms with Crippen LogP contribution in [-0.2, 0) is 10.0 Å². The lowest BCUT2D eigenvalue weighted by molar-refractivity contribution is 0.202. The summed E-state index contributed by atoms with van der Waals surface area (Å²) in [6.07, 6.45) is 2.26. The van der Waals surface area contributed by atoms with Crippen molar-refractivity contribution < 1.29 is 8.42 Å².